The Bertz CT molecular complexity index is 397. The molecule has 1 heteroatoms. The topological polar surface area (TPSA) is 9.23 Å². The molecule has 88 valence electrons. The summed E-state index contributed by atoms with van der Waals surface area (Å²) in [5, 5.41) is 0. The first-order valence-corrected chi connectivity index (χ1v) is 6.19. The zero-order valence-electron chi connectivity index (χ0n) is 11.1. The van der Waals surface area contributed by atoms with E-state index in [4.69, 9.17) is 4.74 Å². The predicted octanol–water partition coefficient (Wildman–Crippen LogP) is 4.04. The minimum absolute atomic E-state index is 0.223. The van der Waals surface area contributed by atoms with Crippen LogP contribution in [-0.4, -0.2) is 6.61 Å². The van der Waals surface area contributed by atoms with Crippen molar-refractivity contribution in [2.75, 3.05) is 6.61 Å². The van der Waals surface area contributed by atoms with Crippen molar-refractivity contribution in [2.24, 2.45) is 0 Å². The summed E-state index contributed by atoms with van der Waals surface area (Å²) in [7, 11) is 0. The molecular formula is C15H22O. The lowest BCUT2D eigenvalue weighted by molar-refractivity contribution is 0.352. The predicted molar refractivity (Wildman–Crippen MR) is 68.4 cm³/mol. The molecule has 0 fully saturated rings. The smallest absolute Gasteiger partial charge is 0.126 e. The Morgan fingerprint density at radius 3 is 2.44 bits per heavy atom. The summed E-state index contributed by atoms with van der Waals surface area (Å²) in [6.45, 7) is 12.1. The summed E-state index contributed by atoms with van der Waals surface area (Å²) in [5.74, 6) is 1.69. The van der Waals surface area contributed by atoms with Gasteiger partial charge in [-0.2, -0.15) is 0 Å². The first-order valence-electron chi connectivity index (χ1n) is 6.19. The van der Waals surface area contributed by atoms with Crippen LogP contribution in [0.5, 0.6) is 5.75 Å². The van der Waals surface area contributed by atoms with Crippen LogP contribution in [0.3, 0.4) is 0 Å². The molecule has 0 atom stereocenters. The second kappa shape index (κ2) is 3.80. The molecule has 1 nitrogen and oxygen atoms in total. The quantitative estimate of drug-likeness (QED) is 0.691. The van der Waals surface area contributed by atoms with E-state index in [0.717, 1.165) is 18.8 Å². The maximum absolute atomic E-state index is 5.76. The van der Waals surface area contributed by atoms with Crippen LogP contribution in [0.1, 0.15) is 57.2 Å². The molecule has 0 amide bonds. The Balaban J connectivity index is 2.56. The summed E-state index contributed by atoms with van der Waals surface area (Å²) in [5.41, 5.74) is 4.43. The van der Waals surface area contributed by atoms with Crippen molar-refractivity contribution in [3.63, 3.8) is 0 Å². The third-order valence-electron chi connectivity index (χ3n) is 3.30. The lowest BCUT2D eigenvalue weighted by atomic mass is 9.83. The van der Waals surface area contributed by atoms with Gasteiger partial charge < -0.3 is 4.74 Å². The standard InChI is InChI=1S/C15H22O/c1-10(2)13-9-12(15(3,4)5)8-11-6-7-16-14(11)13/h8-10H,6-7H2,1-5H3. The molecule has 1 aromatic rings. The molecule has 0 aliphatic carbocycles. The van der Waals surface area contributed by atoms with Crippen molar-refractivity contribution in [2.45, 2.75) is 52.4 Å². The molecule has 1 aliphatic rings. The van der Waals surface area contributed by atoms with E-state index in [-0.39, 0.29) is 5.41 Å². The van der Waals surface area contributed by atoms with Crippen molar-refractivity contribution >= 4 is 0 Å². The molecule has 0 spiro atoms. The van der Waals surface area contributed by atoms with E-state index in [1.165, 1.54) is 16.7 Å². The molecule has 0 aromatic heterocycles. The zero-order chi connectivity index (χ0) is 11.9. The van der Waals surface area contributed by atoms with E-state index in [2.05, 4.69) is 46.8 Å². The molecule has 16 heavy (non-hydrogen) atoms. The summed E-state index contributed by atoms with van der Waals surface area (Å²) >= 11 is 0. The fourth-order valence-corrected chi connectivity index (χ4v) is 2.20. The highest BCUT2D eigenvalue weighted by atomic mass is 16.5. The Morgan fingerprint density at radius 1 is 1.19 bits per heavy atom. The fourth-order valence-electron chi connectivity index (χ4n) is 2.20. The van der Waals surface area contributed by atoms with E-state index >= 15 is 0 Å². The van der Waals surface area contributed by atoms with Gasteiger partial charge in [0.2, 0.25) is 0 Å². The normalized spacial score (nSPS) is 15.1. The van der Waals surface area contributed by atoms with Gasteiger partial charge in [0.1, 0.15) is 5.75 Å². The van der Waals surface area contributed by atoms with E-state index in [1.54, 1.807) is 0 Å². The van der Waals surface area contributed by atoms with Gasteiger partial charge in [0.15, 0.2) is 0 Å². The number of benzene rings is 1. The first kappa shape index (κ1) is 11.5. The first-order chi connectivity index (χ1) is 7.39. The van der Waals surface area contributed by atoms with Gasteiger partial charge in [0.25, 0.3) is 0 Å². The van der Waals surface area contributed by atoms with Crippen LogP contribution in [0.15, 0.2) is 12.1 Å². The monoisotopic (exact) mass is 218 g/mol. The minimum Gasteiger partial charge on any atom is -0.493 e. The number of rotatable bonds is 1. The lowest BCUT2D eigenvalue weighted by Crippen LogP contribution is -2.12. The molecule has 0 saturated carbocycles. The van der Waals surface area contributed by atoms with E-state index in [9.17, 15) is 0 Å². The Kier molecular flexibility index (Phi) is 2.73. The summed E-state index contributed by atoms with van der Waals surface area (Å²) in [6, 6.07) is 4.66. The largest absolute Gasteiger partial charge is 0.493 e. The van der Waals surface area contributed by atoms with Crippen LogP contribution in [0.4, 0.5) is 0 Å². The van der Waals surface area contributed by atoms with Crippen molar-refractivity contribution in [3.05, 3.63) is 28.8 Å². The number of fused-ring (bicyclic) bond motifs is 1. The molecule has 2 rings (SSSR count). The van der Waals surface area contributed by atoms with Gasteiger partial charge in [-0.1, -0.05) is 46.8 Å². The molecule has 0 radical (unpaired) electrons. The molecule has 1 aromatic carbocycles. The number of hydrogen-bond acceptors (Lipinski definition) is 1. The van der Waals surface area contributed by atoms with Gasteiger partial charge in [-0.15, -0.1) is 0 Å². The molecule has 0 saturated heterocycles. The SMILES string of the molecule is CC(C)c1cc(C(C)(C)C)cc2c1OCC2. The highest BCUT2D eigenvalue weighted by Crippen LogP contribution is 2.38. The molecule has 0 unspecified atom stereocenters. The van der Waals surface area contributed by atoms with Gasteiger partial charge in [0.05, 0.1) is 6.61 Å². The van der Waals surface area contributed by atoms with Crippen LogP contribution < -0.4 is 4.74 Å². The Labute approximate surface area is 98.8 Å². The Hall–Kier alpha value is -0.980. The van der Waals surface area contributed by atoms with Gasteiger partial charge in [-0.25, -0.2) is 0 Å². The van der Waals surface area contributed by atoms with Gasteiger partial charge in [0, 0.05) is 6.42 Å². The van der Waals surface area contributed by atoms with Crippen molar-refractivity contribution < 1.29 is 4.74 Å². The second-order valence-electron chi connectivity index (χ2n) is 6.06. The number of hydrogen-bond donors (Lipinski definition) is 0. The lowest BCUT2D eigenvalue weighted by Gasteiger charge is -2.22. The van der Waals surface area contributed by atoms with Crippen molar-refractivity contribution in [1.82, 2.24) is 0 Å². The van der Waals surface area contributed by atoms with Crippen LogP contribution in [-0.2, 0) is 11.8 Å². The maximum Gasteiger partial charge on any atom is 0.126 e. The second-order valence-corrected chi connectivity index (χ2v) is 6.06. The van der Waals surface area contributed by atoms with Crippen molar-refractivity contribution in [3.8, 4) is 5.75 Å². The van der Waals surface area contributed by atoms with Gasteiger partial charge in [-0.05, 0) is 28.0 Å². The zero-order valence-corrected chi connectivity index (χ0v) is 11.1. The fraction of sp³-hybridized carbons (Fsp3) is 0.600. The summed E-state index contributed by atoms with van der Waals surface area (Å²) in [4.78, 5) is 0. The summed E-state index contributed by atoms with van der Waals surface area (Å²) < 4.78 is 5.76. The van der Waals surface area contributed by atoms with Crippen LogP contribution in [0, 0.1) is 0 Å². The van der Waals surface area contributed by atoms with E-state index in [1.807, 2.05) is 0 Å². The van der Waals surface area contributed by atoms with Crippen LogP contribution >= 0.6 is 0 Å². The molecule has 0 bridgehead atoms. The van der Waals surface area contributed by atoms with Crippen LogP contribution in [0.25, 0.3) is 0 Å². The van der Waals surface area contributed by atoms with Gasteiger partial charge in [-0.3, -0.25) is 0 Å². The van der Waals surface area contributed by atoms with Crippen LogP contribution in [0.2, 0.25) is 0 Å². The maximum atomic E-state index is 5.76. The summed E-state index contributed by atoms with van der Waals surface area (Å²) in [6.07, 6.45) is 1.07. The van der Waals surface area contributed by atoms with E-state index in [0.29, 0.717) is 5.92 Å². The average Bonchev–Trinajstić information content (AvgIpc) is 2.61. The highest BCUT2D eigenvalue weighted by Gasteiger charge is 2.23. The molecule has 1 aliphatic heterocycles. The molecule has 0 N–H and O–H groups in total. The Morgan fingerprint density at radius 2 is 1.88 bits per heavy atom. The molecule has 1 heterocycles. The average molecular weight is 218 g/mol. The minimum atomic E-state index is 0.223. The highest BCUT2D eigenvalue weighted by molar-refractivity contribution is 5.49. The third-order valence-corrected chi connectivity index (χ3v) is 3.30. The number of ether oxygens (including phenoxy) is 1. The van der Waals surface area contributed by atoms with E-state index < -0.39 is 0 Å². The van der Waals surface area contributed by atoms with Crippen molar-refractivity contribution in [1.29, 1.82) is 0 Å². The third kappa shape index (κ3) is 1.95. The molecular weight excluding hydrogens is 196 g/mol. The van der Waals surface area contributed by atoms with Gasteiger partial charge >= 0.3 is 0 Å².